The SMILES string of the molecule is COc1ccc(NC(=O)C[NH+]2CCCCCCC2)c(OC)c1. The summed E-state index contributed by atoms with van der Waals surface area (Å²) in [6.07, 6.45) is 6.35. The number of benzene rings is 1. The topological polar surface area (TPSA) is 52.0 Å². The maximum atomic E-state index is 12.3. The van der Waals surface area contributed by atoms with E-state index in [9.17, 15) is 4.79 Å². The molecule has 0 bridgehead atoms. The predicted molar refractivity (Wildman–Crippen MR) is 86.8 cm³/mol. The van der Waals surface area contributed by atoms with Gasteiger partial charge in [0.1, 0.15) is 11.5 Å². The van der Waals surface area contributed by atoms with Crippen molar-refractivity contribution >= 4 is 11.6 Å². The molecule has 2 N–H and O–H groups in total. The standard InChI is InChI=1S/C17H26N2O3/c1-21-14-8-9-15(16(12-14)22-2)18-17(20)13-19-10-6-4-3-5-7-11-19/h8-9,12H,3-7,10-11,13H2,1-2H3,(H,18,20)/p+1. The third-order valence-corrected chi connectivity index (χ3v) is 4.15. The van der Waals surface area contributed by atoms with E-state index in [0.717, 1.165) is 13.1 Å². The van der Waals surface area contributed by atoms with Gasteiger partial charge in [0.05, 0.1) is 33.0 Å². The molecular formula is C17H27N2O3+. The van der Waals surface area contributed by atoms with Gasteiger partial charge in [-0.15, -0.1) is 0 Å². The second-order valence-electron chi connectivity index (χ2n) is 5.81. The zero-order valence-corrected chi connectivity index (χ0v) is 13.6. The molecule has 1 heterocycles. The van der Waals surface area contributed by atoms with Crippen molar-refractivity contribution in [1.82, 2.24) is 0 Å². The van der Waals surface area contributed by atoms with Crippen LogP contribution in [0.4, 0.5) is 5.69 Å². The number of ether oxygens (including phenoxy) is 2. The molecule has 22 heavy (non-hydrogen) atoms. The molecule has 0 saturated carbocycles. The summed E-state index contributed by atoms with van der Waals surface area (Å²) in [6.45, 7) is 2.70. The summed E-state index contributed by atoms with van der Waals surface area (Å²) < 4.78 is 10.5. The van der Waals surface area contributed by atoms with Crippen LogP contribution in [0.15, 0.2) is 18.2 Å². The van der Waals surface area contributed by atoms with Crippen molar-refractivity contribution < 1.29 is 19.2 Å². The zero-order valence-electron chi connectivity index (χ0n) is 13.6. The average molecular weight is 307 g/mol. The van der Waals surface area contributed by atoms with E-state index in [0.29, 0.717) is 23.7 Å². The van der Waals surface area contributed by atoms with E-state index in [1.807, 2.05) is 12.1 Å². The van der Waals surface area contributed by atoms with Crippen molar-refractivity contribution in [2.24, 2.45) is 0 Å². The third kappa shape index (κ3) is 4.91. The molecule has 1 aromatic rings. The summed E-state index contributed by atoms with van der Waals surface area (Å²) in [5.41, 5.74) is 0.694. The monoisotopic (exact) mass is 307 g/mol. The van der Waals surface area contributed by atoms with E-state index < -0.39 is 0 Å². The first-order valence-electron chi connectivity index (χ1n) is 8.08. The van der Waals surface area contributed by atoms with Gasteiger partial charge >= 0.3 is 0 Å². The maximum Gasteiger partial charge on any atom is 0.279 e. The van der Waals surface area contributed by atoms with Crippen LogP contribution in [0.2, 0.25) is 0 Å². The minimum atomic E-state index is 0.0408. The van der Waals surface area contributed by atoms with Crippen LogP contribution < -0.4 is 19.7 Å². The lowest BCUT2D eigenvalue weighted by Crippen LogP contribution is -3.13. The van der Waals surface area contributed by atoms with Gasteiger partial charge in [0.2, 0.25) is 0 Å². The van der Waals surface area contributed by atoms with Gasteiger partial charge in [-0.2, -0.15) is 0 Å². The normalized spacial score (nSPS) is 16.5. The summed E-state index contributed by atoms with van der Waals surface area (Å²) in [5.74, 6) is 1.37. The van der Waals surface area contributed by atoms with E-state index in [1.165, 1.54) is 37.0 Å². The highest BCUT2D eigenvalue weighted by molar-refractivity contribution is 5.93. The van der Waals surface area contributed by atoms with Crippen molar-refractivity contribution in [2.45, 2.75) is 32.1 Å². The average Bonchev–Trinajstić information content (AvgIpc) is 2.50. The number of anilines is 1. The predicted octanol–water partition coefficient (Wildman–Crippen LogP) is 1.49. The fourth-order valence-corrected chi connectivity index (χ4v) is 2.91. The van der Waals surface area contributed by atoms with Crippen LogP contribution >= 0.6 is 0 Å². The van der Waals surface area contributed by atoms with E-state index in [1.54, 1.807) is 20.3 Å². The van der Waals surface area contributed by atoms with Gasteiger partial charge in [-0.25, -0.2) is 0 Å². The number of methoxy groups -OCH3 is 2. The molecule has 0 aliphatic carbocycles. The van der Waals surface area contributed by atoms with Gasteiger partial charge in [0, 0.05) is 6.07 Å². The van der Waals surface area contributed by atoms with Crippen molar-refractivity contribution in [2.75, 3.05) is 39.2 Å². The van der Waals surface area contributed by atoms with Crippen LogP contribution in [0.5, 0.6) is 11.5 Å². The largest absolute Gasteiger partial charge is 0.497 e. The zero-order chi connectivity index (χ0) is 15.8. The molecule has 1 aliphatic rings. The summed E-state index contributed by atoms with van der Waals surface area (Å²) in [7, 11) is 3.20. The van der Waals surface area contributed by atoms with Crippen molar-refractivity contribution in [1.29, 1.82) is 0 Å². The van der Waals surface area contributed by atoms with Crippen molar-refractivity contribution in [3.8, 4) is 11.5 Å². The molecule has 5 heteroatoms. The van der Waals surface area contributed by atoms with Crippen LogP contribution in [0.3, 0.4) is 0 Å². The molecule has 122 valence electrons. The Balaban J connectivity index is 1.93. The van der Waals surface area contributed by atoms with Crippen molar-refractivity contribution in [3.05, 3.63) is 18.2 Å². The van der Waals surface area contributed by atoms with Gasteiger partial charge < -0.3 is 19.7 Å². The fraction of sp³-hybridized carbons (Fsp3) is 0.588. The lowest BCUT2D eigenvalue weighted by Gasteiger charge is -2.21. The number of likely N-dealkylation sites (tertiary alicyclic amines) is 1. The molecule has 1 amide bonds. The maximum absolute atomic E-state index is 12.3. The number of carbonyl (C=O) groups excluding carboxylic acids is 1. The highest BCUT2D eigenvalue weighted by Gasteiger charge is 2.17. The van der Waals surface area contributed by atoms with Gasteiger partial charge in [-0.3, -0.25) is 4.79 Å². The molecule has 5 nitrogen and oxygen atoms in total. The fourth-order valence-electron chi connectivity index (χ4n) is 2.91. The van der Waals surface area contributed by atoms with E-state index in [-0.39, 0.29) is 5.91 Å². The molecule has 1 aromatic carbocycles. The number of hydrogen-bond acceptors (Lipinski definition) is 3. The molecule has 0 radical (unpaired) electrons. The molecule has 1 aliphatic heterocycles. The smallest absolute Gasteiger partial charge is 0.279 e. The lowest BCUT2D eigenvalue weighted by atomic mass is 10.1. The Morgan fingerprint density at radius 1 is 1.09 bits per heavy atom. The van der Waals surface area contributed by atoms with E-state index in [4.69, 9.17) is 9.47 Å². The number of hydrogen-bond donors (Lipinski definition) is 2. The van der Waals surface area contributed by atoms with Crippen LogP contribution in [0.1, 0.15) is 32.1 Å². The molecule has 0 aromatic heterocycles. The number of rotatable bonds is 5. The summed E-state index contributed by atoms with van der Waals surface area (Å²) in [4.78, 5) is 13.7. The second-order valence-corrected chi connectivity index (χ2v) is 5.81. The van der Waals surface area contributed by atoms with Crippen molar-refractivity contribution in [3.63, 3.8) is 0 Å². The highest BCUT2D eigenvalue weighted by atomic mass is 16.5. The quantitative estimate of drug-likeness (QED) is 0.866. The summed E-state index contributed by atoms with van der Waals surface area (Å²) in [6, 6.07) is 5.41. The Labute approximate surface area is 132 Å². The van der Waals surface area contributed by atoms with Crippen LogP contribution in [0.25, 0.3) is 0 Å². The lowest BCUT2D eigenvalue weighted by molar-refractivity contribution is -0.892. The number of amides is 1. The van der Waals surface area contributed by atoms with Gasteiger partial charge in [0.15, 0.2) is 6.54 Å². The molecule has 1 saturated heterocycles. The first-order chi connectivity index (χ1) is 10.7. The highest BCUT2D eigenvalue weighted by Crippen LogP contribution is 2.28. The first kappa shape index (κ1) is 16.6. The minimum Gasteiger partial charge on any atom is -0.497 e. The molecule has 0 atom stereocenters. The van der Waals surface area contributed by atoms with Crippen LogP contribution in [0, 0.1) is 0 Å². The summed E-state index contributed by atoms with van der Waals surface area (Å²) >= 11 is 0. The molecule has 0 unspecified atom stereocenters. The minimum absolute atomic E-state index is 0.0408. The Hall–Kier alpha value is -1.75. The Kier molecular flexibility index (Phi) is 6.52. The third-order valence-electron chi connectivity index (χ3n) is 4.15. The number of quaternary nitrogens is 1. The molecular weight excluding hydrogens is 280 g/mol. The van der Waals surface area contributed by atoms with Crippen LogP contribution in [-0.2, 0) is 4.79 Å². The Morgan fingerprint density at radius 2 is 1.77 bits per heavy atom. The van der Waals surface area contributed by atoms with Gasteiger partial charge in [-0.1, -0.05) is 6.42 Å². The Bertz CT molecular complexity index is 483. The van der Waals surface area contributed by atoms with E-state index >= 15 is 0 Å². The van der Waals surface area contributed by atoms with E-state index in [2.05, 4.69) is 5.32 Å². The Morgan fingerprint density at radius 3 is 2.41 bits per heavy atom. The molecule has 2 rings (SSSR count). The molecule has 0 spiro atoms. The van der Waals surface area contributed by atoms with Gasteiger partial charge in [0.25, 0.3) is 5.91 Å². The second kappa shape index (κ2) is 8.63. The molecule has 1 fully saturated rings. The number of carbonyl (C=O) groups is 1. The number of nitrogens with one attached hydrogen (secondary N) is 2. The van der Waals surface area contributed by atoms with Crippen LogP contribution in [-0.4, -0.2) is 39.8 Å². The first-order valence-corrected chi connectivity index (χ1v) is 8.08. The van der Waals surface area contributed by atoms with Gasteiger partial charge in [-0.05, 0) is 37.8 Å². The summed E-state index contributed by atoms with van der Waals surface area (Å²) in [5, 5.41) is 2.96.